The minimum atomic E-state index is -0.395. The van der Waals surface area contributed by atoms with Crippen molar-refractivity contribution in [3.8, 4) is 11.5 Å². The Bertz CT molecular complexity index is 421. The molecular weight excluding hydrogens is 248 g/mol. The molecule has 3 N–H and O–H groups in total. The molecule has 0 radical (unpaired) electrons. The highest BCUT2D eigenvalue weighted by Crippen LogP contribution is 2.22. The van der Waals surface area contributed by atoms with Crippen molar-refractivity contribution in [1.82, 2.24) is 10.2 Å². The summed E-state index contributed by atoms with van der Waals surface area (Å²) >= 11 is 0. The monoisotopic (exact) mass is 268 g/mol. The molecule has 1 aromatic carbocycles. The van der Waals surface area contributed by atoms with E-state index in [9.17, 15) is 9.90 Å². The molecule has 1 amide bonds. The van der Waals surface area contributed by atoms with Gasteiger partial charge in [0, 0.05) is 19.2 Å². The van der Waals surface area contributed by atoms with Crippen molar-refractivity contribution >= 4 is 5.91 Å². The molecule has 19 heavy (non-hydrogen) atoms. The third kappa shape index (κ3) is 5.58. The number of ether oxygens (including phenoxy) is 1. The molecule has 0 bridgehead atoms. The highest BCUT2D eigenvalue weighted by Gasteiger charge is 2.10. The van der Waals surface area contributed by atoms with Gasteiger partial charge in [-0.1, -0.05) is 0 Å². The summed E-state index contributed by atoms with van der Waals surface area (Å²) in [5, 5.41) is 21.3. The number of phenols is 2. The van der Waals surface area contributed by atoms with Crippen LogP contribution in [0.1, 0.15) is 10.4 Å². The fraction of sp³-hybridized carbons (Fsp3) is 0.462. The van der Waals surface area contributed by atoms with Gasteiger partial charge in [-0.25, -0.2) is 0 Å². The van der Waals surface area contributed by atoms with Gasteiger partial charge in [0.25, 0.3) is 5.91 Å². The quantitative estimate of drug-likeness (QED) is 0.624. The van der Waals surface area contributed by atoms with Gasteiger partial charge in [0.15, 0.2) is 0 Å². The second-order valence-electron chi connectivity index (χ2n) is 4.37. The van der Waals surface area contributed by atoms with Crippen LogP contribution in [0.2, 0.25) is 0 Å². The van der Waals surface area contributed by atoms with Crippen LogP contribution in [0.4, 0.5) is 0 Å². The normalized spacial score (nSPS) is 10.7. The zero-order valence-corrected chi connectivity index (χ0v) is 11.2. The van der Waals surface area contributed by atoms with E-state index in [-0.39, 0.29) is 17.1 Å². The van der Waals surface area contributed by atoms with Gasteiger partial charge in [-0.3, -0.25) is 4.79 Å². The average Bonchev–Trinajstić information content (AvgIpc) is 2.32. The maximum atomic E-state index is 11.7. The fourth-order valence-electron chi connectivity index (χ4n) is 1.39. The molecule has 0 aromatic heterocycles. The van der Waals surface area contributed by atoms with E-state index in [4.69, 9.17) is 9.84 Å². The molecule has 0 aliphatic heterocycles. The molecule has 6 heteroatoms. The van der Waals surface area contributed by atoms with Crippen molar-refractivity contribution in [2.45, 2.75) is 0 Å². The molecule has 0 atom stereocenters. The Morgan fingerprint density at radius 2 is 2.05 bits per heavy atom. The number of likely N-dealkylation sites (N-methyl/N-ethyl adjacent to an activating group) is 1. The Morgan fingerprint density at radius 3 is 2.68 bits per heavy atom. The Morgan fingerprint density at radius 1 is 1.32 bits per heavy atom. The number of hydrogen-bond acceptors (Lipinski definition) is 5. The SMILES string of the molecule is CN(C)CCOCCNC(=O)c1ccc(O)cc1O. The third-order valence-electron chi connectivity index (χ3n) is 2.44. The Labute approximate surface area is 112 Å². The Kier molecular flexibility index (Phi) is 6.11. The van der Waals surface area contributed by atoms with E-state index in [2.05, 4.69) is 5.32 Å². The highest BCUT2D eigenvalue weighted by molar-refractivity contribution is 5.96. The molecule has 0 saturated heterocycles. The van der Waals surface area contributed by atoms with Crippen molar-refractivity contribution in [3.63, 3.8) is 0 Å². The summed E-state index contributed by atoms with van der Waals surface area (Å²) in [5.74, 6) is -0.721. The molecule has 1 rings (SSSR count). The van der Waals surface area contributed by atoms with Crippen molar-refractivity contribution in [2.75, 3.05) is 40.4 Å². The maximum absolute atomic E-state index is 11.7. The second kappa shape index (κ2) is 7.60. The van der Waals surface area contributed by atoms with Gasteiger partial charge < -0.3 is 25.2 Å². The van der Waals surface area contributed by atoms with E-state index < -0.39 is 5.91 Å². The summed E-state index contributed by atoms with van der Waals surface area (Å²) in [6.07, 6.45) is 0. The van der Waals surface area contributed by atoms with Crippen LogP contribution in [-0.2, 0) is 4.74 Å². The minimum Gasteiger partial charge on any atom is -0.508 e. The van der Waals surface area contributed by atoms with Crippen LogP contribution in [0.3, 0.4) is 0 Å². The predicted molar refractivity (Wildman–Crippen MR) is 71.5 cm³/mol. The van der Waals surface area contributed by atoms with E-state index in [1.54, 1.807) is 0 Å². The standard InChI is InChI=1S/C13H20N2O4/c1-15(2)6-8-19-7-5-14-13(18)11-4-3-10(16)9-12(11)17/h3-4,9,16-17H,5-8H2,1-2H3,(H,14,18). The lowest BCUT2D eigenvalue weighted by Crippen LogP contribution is -2.28. The van der Waals surface area contributed by atoms with Crippen LogP contribution >= 0.6 is 0 Å². The fourth-order valence-corrected chi connectivity index (χ4v) is 1.39. The molecule has 106 valence electrons. The zero-order chi connectivity index (χ0) is 14.3. The van der Waals surface area contributed by atoms with E-state index in [0.29, 0.717) is 19.8 Å². The molecule has 0 spiro atoms. The first kappa shape index (κ1) is 15.3. The largest absolute Gasteiger partial charge is 0.508 e. The van der Waals surface area contributed by atoms with Crippen LogP contribution in [0, 0.1) is 0 Å². The molecule has 0 aliphatic rings. The zero-order valence-electron chi connectivity index (χ0n) is 11.2. The van der Waals surface area contributed by atoms with Gasteiger partial charge in [0.2, 0.25) is 0 Å². The molecule has 0 saturated carbocycles. The number of amides is 1. The van der Waals surface area contributed by atoms with Crippen molar-refractivity contribution in [3.05, 3.63) is 23.8 Å². The molecule has 1 aromatic rings. The summed E-state index contributed by atoms with van der Waals surface area (Å²) in [5.41, 5.74) is 0.131. The van der Waals surface area contributed by atoms with Crippen molar-refractivity contribution < 1.29 is 19.7 Å². The second-order valence-corrected chi connectivity index (χ2v) is 4.37. The Hall–Kier alpha value is -1.79. The van der Waals surface area contributed by atoms with Gasteiger partial charge in [0.05, 0.1) is 18.8 Å². The third-order valence-corrected chi connectivity index (χ3v) is 2.44. The summed E-state index contributed by atoms with van der Waals surface area (Å²) < 4.78 is 5.32. The van der Waals surface area contributed by atoms with Crippen LogP contribution in [0.15, 0.2) is 18.2 Å². The molecule has 0 aliphatic carbocycles. The number of benzene rings is 1. The molecule has 0 fully saturated rings. The smallest absolute Gasteiger partial charge is 0.255 e. The lowest BCUT2D eigenvalue weighted by molar-refractivity contribution is 0.0898. The van der Waals surface area contributed by atoms with Crippen LogP contribution in [0.5, 0.6) is 11.5 Å². The first-order valence-electron chi connectivity index (χ1n) is 6.03. The predicted octanol–water partition coefficient (Wildman–Crippen LogP) is 0.406. The number of rotatable bonds is 7. The number of nitrogens with zero attached hydrogens (tertiary/aromatic N) is 1. The van der Waals surface area contributed by atoms with Gasteiger partial charge in [-0.15, -0.1) is 0 Å². The van der Waals surface area contributed by atoms with E-state index in [0.717, 1.165) is 12.6 Å². The minimum absolute atomic E-state index is 0.0823. The molecule has 0 unspecified atom stereocenters. The number of aromatic hydroxyl groups is 2. The number of carbonyl (C=O) groups excluding carboxylic acids is 1. The van der Waals surface area contributed by atoms with Gasteiger partial charge >= 0.3 is 0 Å². The summed E-state index contributed by atoms with van der Waals surface area (Å²) in [6.45, 7) is 2.21. The first-order chi connectivity index (χ1) is 9.00. The average molecular weight is 268 g/mol. The summed E-state index contributed by atoms with van der Waals surface area (Å²) in [7, 11) is 3.91. The lowest BCUT2D eigenvalue weighted by Gasteiger charge is -2.10. The van der Waals surface area contributed by atoms with Gasteiger partial charge in [-0.05, 0) is 26.2 Å². The van der Waals surface area contributed by atoms with Crippen molar-refractivity contribution in [1.29, 1.82) is 0 Å². The first-order valence-corrected chi connectivity index (χ1v) is 6.03. The van der Waals surface area contributed by atoms with E-state index >= 15 is 0 Å². The number of phenolic OH excluding ortho intramolecular Hbond substituents is 2. The molecule has 6 nitrogen and oxygen atoms in total. The molecule has 0 heterocycles. The molecular formula is C13H20N2O4. The number of hydrogen-bond donors (Lipinski definition) is 3. The highest BCUT2D eigenvalue weighted by atomic mass is 16.5. The Balaban J connectivity index is 2.28. The van der Waals surface area contributed by atoms with Crippen LogP contribution in [0.25, 0.3) is 0 Å². The topological polar surface area (TPSA) is 82.0 Å². The van der Waals surface area contributed by atoms with Crippen molar-refractivity contribution in [2.24, 2.45) is 0 Å². The van der Waals surface area contributed by atoms with Gasteiger partial charge in [0.1, 0.15) is 11.5 Å². The number of carbonyl (C=O) groups is 1. The summed E-state index contributed by atoms with van der Waals surface area (Å²) in [4.78, 5) is 13.7. The summed E-state index contributed by atoms with van der Waals surface area (Å²) in [6, 6.07) is 3.84. The van der Waals surface area contributed by atoms with E-state index in [1.165, 1.54) is 12.1 Å². The van der Waals surface area contributed by atoms with E-state index in [1.807, 2.05) is 19.0 Å². The lowest BCUT2D eigenvalue weighted by atomic mass is 10.2. The maximum Gasteiger partial charge on any atom is 0.255 e. The van der Waals surface area contributed by atoms with Gasteiger partial charge in [-0.2, -0.15) is 0 Å². The van der Waals surface area contributed by atoms with Crippen LogP contribution in [-0.4, -0.2) is 61.4 Å². The number of nitrogens with one attached hydrogen (secondary N) is 1. The van der Waals surface area contributed by atoms with Crippen LogP contribution < -0.4 is 5.32 Å².